The van der Waals surface area contributed by atoms with E-state index in [1.165, 1.54) is 11.0 Å². The Morgan fingerprint density at radius 2 is 2.30 bits per heavy atom. The fourth-order valence-corrected chi connectivity index (χ4v) is 3.72. The van der Waals surface area contributed by atoms with E-state index in [0.29, 0.717) is 4.70 Å². The highest BCUT2D eigenvalue weighted by Gasteiger charge is 2.21. The van der Waals surface area contributed by atoms with Crippen LogP contribution in [0.4, 0.5) is 10.2 Å². The molecular formula is C19H17ClFN5S. The number of hydrogen-bond acceptors (Lipinski definition) is 6. The average Bonchev–Trinajstić information content (AvgIpc) is 3.11. The lowest BCUT2D eigenvalue weighted by molar-refractivity contribution is 0.211. The van der Waals surface area contributed by atoms with Gasteiger partial charge in [0.15, 0.2) is 1.41 Å². The maximum atomic E-state index is 14.1. The van der Waals surface area contributed by atoms with Crippen molar-refractivity contribution < 1.29 is 15.4 Å². The van der Waals surface area contributed by atoms with Crippen molar-refractivity contribution in [1.82, 2.24) is 14.9 Å². The molecule has 138 valence electrons. The number of fused-ring (bicyclic) bond motifs is 1. The molecule has 1 aliphatic heterocycles. The highest BCUT2D eigenvalue weighted by atomic mass is 35.5. The first kappa shape index (κ1) is 10.9. The summed E-state index contributed by atoms with van der Waals surface area (Å²) in [5.74, 6) is -1.28. The van der Waals surface area contributed by atoms with E-state index in [-0.39, 0.29) is 53.2 Å². The third kappa shape index (κ3) is 4.03. The minimum atomic E-state index is -1.52. The van der Waals surface area contributed by atoms with Crippen LogP contribution in [0.25, 0.3) is 10.2 Å². The van der Waals surface area contributed by atoms with Gasteiger partial charge in [0.05, 0.1) is 27.0 Å². The molecule has 1 unspecified atom stereocenters. The third-order valence-electron chi connectivity index (χ3n) is 3.99. The second-order valence-electron chi connectivity index (χ2n) is 5.76. The van der Waals surface area contributed by atoms with Crippen molar-refractivity contribution in [2.45, 2.75) is 25.4 Å². The minimum Gasteiger partial charge on any atom is -0.366 e. The number of nitrogens with one attached hydrogen (secondary N) is 1. The van der Waals surface area contributed by atoms with Gasteiger partial charge in [-0.05, 0) is 36.5 Å². The van der Waals surface area contributed by atoms with Gasteiger partial charge in [0, 0.05) is 27.0 Å². The van der Waals surface area contributed by atoms with Gasteiger partial charge in [0.1, 0.15) is 25.4 Å². The molecule has 5 nitrogen and oxygen atoms in total. The Morgan fingerprint density at radius 3 is 3.07 bits per heavy atom. The van der Waals surface area contributed by atoms with E-state index in [9.17, 15) is 4.39 Å². The van der Waals surface area contributed by atoms with Crippen molar-refractivity contribution in [2.75, 3.05) is 18.4 Å². The second-order valence-corrected chi connectivity index (χ2v) is 7.38. The van der Waals surface area contributed by atoms with Crippen LogP contribution in [0.3, 0.4) is 0 Å². The zero-order chi connectivity index (χ0) is 25.8. The molecule has 0 radical (unpaired) electrons. The number of piperidine rings is 1. The van der Waals surface area contributed by atoms with Crippen molar-refractivity contribution in [2.24, 2.45) is 0 Å². The summed E-state index contributed by atoms with van der Waals surface area (Å²) in [7, 11) is 0. The molecule has 0 aliphatic carbocycles. The number of likely N-dealkylation sites (tertiary alicyclic amines) is 1. The van der Waals surface area contributed by atoms with Crippen LogP contribution in [-0.2, 0) is 6.52 Å². The topological polar surface area (TPSA) is 64.8 Å². The van der Waals surface area contributed by atoms with E-state index in [2.05, 4.69) is 9.97 Å². The molecule has 3 heterocycles. The predicted molar refractivity (Wildman–Crippen MR) is 105 cm³/mol. The summed E-state index contributed by atoms with van der Waals surface area (Å²) in [6.45, 7) is -1.16. The third-order valence-corrected chi connectivity index (χ3v) is 5.18. The molecule has 1 fully saturated rings. The van der Waals surface area contributed by atoms with E-state index in [1.54, 1.807) is 0 Å². The van der Waals surface area contributed by atoms with Crippen LogP contribution in [0.1, 0.15) is 33.6 Å². The standard InChI is InChI=1S/C19H17ClFN5S/c20-17-8-16-18(27-17)19(24-11-23-16)25-14-3-5-26(6-4-14)10-12-1-2-15(21)13(7-12)9-22/h1-2,7-8,11,14H,3-6,10H2,(H,23,24,25)/i1D,2D,7D,8D,10D,11D,14D/hD. The van der Waals surface area contributed by atoms with Crippen LogP contribution < -0.4 is 5.31 Å². The van der Waals surface area contributed by atoms with Gasteiger partial charge in [0.2, 0.25) is 0 Å². The second kappa shape index (κ2) is 7.77. The van der Waals surface area contributed by atoms with Gasteiger partial charge in [-0.25, -0.2) is 14.4 Å². The molecule has 0 amide bonds. The maximum absolute atomic E-state index is 14.1. The lowest BCUT2D eigenvalue weighted by Crippen LogP contribution is -2.38. The Hall–Kier alpha value is -2.27. The monoisotopic (exact) mass is 409 g/mol. The molecule has 0 saturated carbocycles. The van der Waals surface area contributed by atoms with Crippen molar-refractivity contribution in [1.29, 1.82) is 5.26 Å². The van der Waals surface area contributed by atoms with E-state index in [4.69, 9.17) is 27.9 Å². The summed E-state index contributed by atoms with van der Waals surface area (Å²) in [4.78, 5) is 9.43. The van der Waals surface area contributed by atoms with Crippen molar-refractivity contribution in [3.05, 3.63) is 51.8 Å². The molecule has 3 aromatic rings. The summed E-state index contributed by atoms with van der Waals surface area (Å²) in [6, 6.07) is -2.17. The van der Waals surface area contributed by atoms with Crippen LogP contribution in [0.5, 0.6) is 0 Å². The molecule has 0 spiro atoms. The first-order valence-electron chi connectivity index (χ1n) is 12.0. The van der Waals surface area contributed by atoms with Gasteiger partial charge in [-0.2, -0.15) is 5.26 Å². The van der Waals surface area contributed by atoms with Gasteiger partial charge in [-0.1, -0.05) is 17.6 Å². The first-order chi connectivity index (χ1) is 16.4. The largest absolute Gasteiger partial charge is 0.366 e. The zero-order valence-corrected chi connectivity index (χ0v) is 15.4. The number of nitriles is 1. The number of halogens is 2. The van der Waals surface area contributed by atoms with Gasteiger partial charge in [0.25, 0.3) is 0 Å². The summed E-state index contributed by atoms with van der Waals surface area (Å²) in [6.07, 6.45) is -0.335. The molecule has 0 bridgehead atoms. The fourth-order valence-electron chi connectivity index (χ4n) is 2.69. The number of anilines is 1. The van der Waals surface area contributed by atoms with Crippen LogP contribution in [0.15, 0.2) is 30.5 Å². The Kier molecular flexibility index (Phi) is 3.14. The van der Waals surface area contributed by atoms with Crippen LogP contribution >= 0.6 is 22.9 Å². The van der Waals surface area contributed by atoms with Gasteiger partial charge < -0.3 is 5.31 Å². The fraction of sp³-hybridized carbons (Fsp3) is 0.316. The molecule has 1 aromatic carbocycles. The molecule has 27 heavy (non-hydrogen) atoms. The SMILES string of the molecule is [2H]c1nc(N([2H])C2([2H])CCN(C([2H])c3c([2H])c([2H])c(F)c(C#N)c3[2H])CC2)c2sc(Cl)c([2H])c2n1. The van der Waals surface area contributed by atoms with Crippen LogP contribution in [-0.4, -0.2) is 34.0 Å². The molecular weight excluding hydrogens is 385 g/mol. The van der Waals surface area contributed by atoms with Crippen molar-refractivity contribution in [3.63, 3.8) is 0 Å². The number of aromatic nitrogens is 2. The lowest BCUT2D eigenvalue weighted by atomic mass is 10.0. The summed E-state index contributed by atoms with van der Waals surface area (Å²) < 4.78 is 80.3. The zero-order valence-electron chi connectivity index (χ0n) is 21.8. The summed E-state index contributed by atoms with van der Waals surface area (Å²) >= 11 is 7.03. The molecule has 1 aliphatic rings. The number of hydrogen-bond donors (Lipinski definition) is 1. The highest BCUT2D eigenvalue weighted by molar-refractivity contribution is 7.23. The average molecular weight is 410 g/mol. The maximum Gasteiger partial charge on any atom is 0.162 e. The minimum absolute atomic E-state index is 0.0193. The Balaban J connectivity index is 1.61. The van der Waals surface area contributed by atoms with Gasteiger partial charge in [-0.3, -0.25) is 4.90 Å². The number of benzene rings is 1. The van der Waals surface area contributed by atoms with Gasteiger partial charge >= 0.3 is 0 Å². The summed E-state index contributed by atoms with van der Waals surface area (Å²) in [5.41, 5.74) is -0.827. The van der Waals surface area contributed by atoms with Crippen LogP contribution in [0.2, 0.25) is 5.75 Å². The molecule has 1 N–H and O–H groups in total. The smallest absolute Gasteiger partial charge is 0.162 e. The molecule has 8 heteroatoms. The number of rotatable bonds is 4. The van der Waals surface area contributed by atoms with E-state index >= 15 is 0 Å². The molecule has 2 aromatic heterocycles. The Bertz CT molecular complexity index is 1370. The normalized spacial score (nSPS) is 22.3. The predicted octanol–water partition coefficient (Wildman–Crippen LogP) is 4.43. The first-order valence-corrected chi connectivity index (χ1v) is 9.18. The lowest BCUT2D eigenvalue weighted by Gasteiger charge is -2.32. The quantitative estimate of drug-likeness (QED) is 0.690. The molecule has 1 saturated heterocycles. The van der Waals surface area contributed by atoms with E-state index in [0.717, 1.165) is 16.6 Å². The Labute approximate surface area is 176 Å². The summed E-state index contributed by atoms with van der Waals surface area (Å²) in [5, 5.41) is 10.0. The van der Waals surface area contributed by atoms with Gasteiger partial charge in [-0.15, -0.1) is 11.3 Å². The molecule has 1 atom stereocenters. The molecule has 4 rings (SSSR count). The number of thiophene rings is 1. The number of nitrogens with zero attached hydrogens (tertiary/aromatic N) is 4. The van der Waals surface area contributed by atoms with Crippen molar-refractivity contribution >= 4 is 39.0 Å². The van der Waals surface area contributed by atoms with E-state index < -0.39 is 48.4 Å². The Morgan fingerprint density at radius 1 is 1.48 bits per heavy atom. The van der Waals surface area contributed by atoms with E-state index in [1.807, 2.05) is 0 Å². The van der Waals surface area contributed by atoms with Crippen molar-refractivity contribution in [3.8, 4) is 6.07 Å². The van der Waals surface area contributed by atoms with Crippen LogP contribution in [0, 0.1) is 17.1 Å². The highest BCUT2D eigenvalue weighted by Crippen LogP contribution is 2.33.